The lowest BCUT2D eigenvalue weighted by Gasteiger charge is -2.13. The molecule has 2 N–H and O–H groups in total. The lowest BCUT2D eigenvalue weighted by Crippen LogP contribution is -2.12. The minimum absolute atomic E-state index is 0.0208. The van der Waals surface area contributed by atoms with Crippen molar-refractivity contribution >= 4 is 22.3 Å². The molecule has 2 aromatic rings. The number of aromatic nitrogens is 1. The van der Waals surface area contributed by atoms with Crippen LogP contribution in [0, 0.1) is 16.0 Å². The molecule has 0 saturated heterocycles. The molecule has 0 spiro atoms. The highest BCUT2D eigenvalue weighted by Crippen LogP contribution is 2.30. The molecule has 0 bridgehead atoms. The summed E-state index contributed by atoms with van der Waals surface area (Å²) in [6, 6.07) is 6.80. The van der Waals surface area contributed by atoms with E-state index in [1.807, 2.05) is 12.1 Å². The SMILES string of the molecule is O=[N+]([O-])c1cccc2c(NCC3CCC(O)C3)ccnc12. The van der Waals surface area contributed by atoms with Gasteiger partial charge in [0.1, 0.15) is 5.52 Å². The number of rotatable bonds is 4. The Morgan fingerprint density at radius 3 is 2.95 bits per heavy atom. The highest BCUT2D eigenvalue weighted by atomic mass is 16.6. The Bertz CT molecular complexity index is 674. The zero-order valence-corrected chi connectivity index (χ0v) is 11.5. The quantitative estimate of drug-likeness (QED) is 0.666. The Kier molecular flexibility index (Phi) is 3.70. The van der Waals surface area contributed by atoms with Crippen LogP contribution in [-0.2, 0) is 0 Å². The molecular formula is C15H17N3O3. The molecule has 1 saturated carbocycles. The Labute approximate surface area is 122 Å². The Morgan fingerprint density at radius 1 is 1.38 bits per heavy atom. The predicted molar refractivity (Wildman–Crippen MR) is 80.2 cm³/mol. The van der Waals surface area contributed by atoms with Crippen LogP contribution in [0.1, 0.15) is 19.3 Å². The Balaban J connectivity index is 1.85. The summed E-state index contributed by atoms with van der Waals surface area (Å²) in [7, 11) is 0. The fourth-order valence-electron chi connectivity index (χ4n) is 2.95. The van der Waals surface area contributed by atoms with E-state index < -0.39 is 4.92 Å². The van der Waals surface area contributed by atoms with Crippen molar-refractivity contribution in [3.63, 3.8) is 0 Å². The van der Waals surface area contributed by atoms with E-state index in [-0.39, 0.29) is 11.8 Å². The van der Waals surface area contributed by atoms with E-state index in [4.69, 9.17) is 0 Å². The fourth-order valence-corrected chi connectivity index (χ4v) is 2.95. The van der Waals surface area contributed by atoms with Crippen molar-refractivity contribution in [1.29, 1.82) is 0 Å². The molecule has 1 aromatic carbocycles. The Hall–Kier alpha value is -2.21. The van der Waals surface area contributed by atoms with Crippen molar-refractivity contribution < 1.29 is 10.0 Å². The number of hydrogen-bond acceptors (Lipinski definition) is 5. The van der Waals surface area contributed by atoms with Gasteiger partial charge >= 0.3 is 0 Å². The minimum Gasteiger partial charge on any atom is -0.393 e. The van der Waals surface area contributed by atoms with Gasteiger partial charge in [-0.15, -0.1) is 0 Å². The maximum absolute atomic E-state index is 11.0. The second-order valence-electron chi connectivity index (χ2n) is 5.50. The smallest absolute Gasteiger partial charge is 0.295 e. The first-order valence-corrected chi connectivity index (χ1v) is 7.09. The third-order valence-electron chi connectivity index (χ3n) is 4.04. The summed E-state index contributed by atoms with van der Waals surface area (Å²) >= 11 is 0. The molecule has 2 atom stereocenters. The third kappa shape index (κ3) is 2.80. The normalized spacial score (nSPS) is 21.6. The first kappa shape index (κ1) is 13.8. The van der Waals surface area contributed by atoms with E-state index >= 15 is 0 Å². The topological polar surface area (TPSA) is 88.3 Å². The fraction of sp³-hybridized carbons (Fsp3) is 0.400. The molecular weight excluding hydrogens is 270 g/mol. The monoisotopic (exact) mass is 287 g/mol. The van der Waals surface area contributed by atoms with Crippen molar-refractivity contribution in [1.82, 2.24) is 4.98 Å². The van der Waals surface area contributed by atoms with Gasteiger partial charge in [-0.1, -0.05) is 12.1 Å². The van der Waals surface area contributed by atoms with E-state index in [2.05, 4.69) is 10.3 Å². The summed E-state index contributed by atoms with van der Waals surface area (Å²) < 4.78 is 0. The number of para-hydroxylation sites is 1. The second kappa shape index (κ2) is 5.65. The molecule has 1 fully saturated rings. The summed E-state index contributed by atoms with van der Waals surface area (Å²) in [5.41, 5.74) is 1.27. The molecule has 1 aliphatic rings. The molecule has 0 aliphatic heterocycles. The first-order chi connectivity index (χ1) is 10.1. The summed E-state index contributed by atoms with van der Waals surface area (Å²) in [6.07, 6.45) is 4.08. The number of nitrogens with zero attached hydrogens (tertiary/aromatic N) is 2. The largest absolute Gasteiger partial charge is 0.393 e. The number of nitrogens with one attached hydrogen (secondary N) is 1. The highest BCUT2D eigenvalue weighted by Gasteiger charge is 2.22. The molecule has 0 radical (unpaired) electrons. The van der Waals surface area contributed by atoms with Crippen LogP contribution in [0.25, 0.3) is 10.9 Å². The van der Waals surface area contributed by atoms with Gasteiger partial charge in [0.2, 0.25) is 0 Å². The van der Waals surface area contributed by atoms with E-state index in [1.54, 1.807) is 12.3 Å². The van der Waals surface area contributed by atoms with Crippen molar-refractivity contribution in [2.75, 3.05) is 11.9 Å². The van der Waals surface area contributed by atoms with Gasteiger partial charge in [0.25, 0.3) is 5.69 Å². The standard InChI is InChI=1S/C15H17N3O3/c19-11-5-4-10(8-11)9-17-13-6-7-16-15-12(13)2-1-3-14(15)18(20)21/h1-3,6-7,10-11,19H,4-5,8-9H2,(H,16,17). The van der Waals surface area contributed by atoms with Crippen LogP contribution < -0.4 is 5.32 Å². The van der Waals surface area contributed by atoms with Crippen molar-refractivity contribution in [2.45, 2.75) is 25.4 Å². The average Bonchev–Trinajstić information content (AvgIpc) is 2.90. The number of anilines is 1. The van der Waals surface area contributed by atoms with Gasteiger partial charge in [0.15, 0.2) is 0 Å². The number of fused-ring (bicyclic) bond motifs is 1. The number of aliphatic hydroxyl groups excluding tert-OH is 1. The summed E-state index contributed by atoms with van der Waals surface area (Å²) in [5.74, 6) is 0.446. The molecule has 3 rings (SSSR count). The maximum atomic E-state index is 11.0. The minimum atomic E-state index is -0.410. The summed E-state index contributed by atoms with van der Waals surface area (Å²) in [4.78, 5) is 14.8. The van der Waals surface area contributed by atoms with Crippen LogP contribution in [0.15, 0.2) is 30.5 Å². The van der Waals surface area contributed by atoms with Crippen LogP contribution in [0.5, 0.6) is 0 Å². The molecule has 110 valence electrons. The maximum Gasteiger partial charge on any atom is 0.295 e. The zero-order valence-electron chi connectivity index (χ0n) is 11.5. The number of nitro benzene ring substituents is 1. The van der Waals surface area contributed by atoms with Gasteiger partial charge < -0.3 is 10.4 Å². The lowest BCUT2D eigenvalue weighted by atomic mass is 10.1. The average molecular weight is 287 g/mol. The van der Waals surface area contributed by atoms with E-state index in [1.165, 1.54) is 6.07 Å². The molecule has 1 aromatic heterocycles. The number of pyridine rings is 1. The first-order valence-electron chi connectivity index (χ1n) is 7.09. The molecule has 1 heterocycles. The van der Waals surface area contributed by atoms with Gasteiger partial charge in [-0.05, 0) is 31.2 Å². The highest BCUT2D eigenvalue weighted by molar-refractivity contribution is 5.96. The third-order valence-corrected chi connectivity index (χ3v) is 4.04. The van der Waals surface area contributed by atoms with Gasteiger partial charge in [-0.2, -0.15) is 0 Å². The number of nitro groups is 1. The Morgan fingerprint density at radius 2 is 2.24 bits per heavy atom. The van der Waals surface area contributed by atoms with Crippen LogP contribution in [-0.4, -0.2) is 27.7 Å². The van der Waals surface area contributed by atoms with Crippen LogP contribution in [0.2, 0.25) is 0 Å². The van der Waals surface area contributed by atoms with Crippen molar-refractivity contribution in [3.05, 3.63) is 40.6 Å². The van der Waals surface area contributed by atoms with E-state index in [9.17, 15) is 15.2 Å². The van der Waals surface area contributed by atoms with Gasteiger partial charge in [0.05, 0.1) is 11.0 Å². The summed E-state index contributed by atoms with van der Waals surface area (Å²) in [6.45, 7) is 0.763. The van der Waals surface area contributed by atoms with Crippen LogP contribution in [0.3, 0.4) is 0 Å². The second-order valence-corrected chi connectivity index (χ2v) is 5.50. The summed E-state index contributed by atoms with van der Waals surface area (Å²) in [5, 5.41) is 24.7. The van der Waals surface area contributed by atoms with Crippen LogP contribution in [0.4, 0.5) is 11.4 Å². The number of benzene rings is 1. The number of non-ortho nitro benzene ring substituents is 1. The van der Waals surface area contributed by atoms with Gasteiger partial charge in [-0.3, -0.25) is 10.1 Å². The van der Waals surface area contributed by atoms with Gasteiger partial charge in [0, 0.05) is 29.9 Å². The molecule has 2 unspecified atom stereocenters. The zero-order chi connectivity index (χ0) is 14.8. The molecule has 1 aliphatic carbocycles. The van der Waals surface area contributed by atoms with Crippen molar-refractivity contribution in [3.8, 4) is 0 Å². The molecule has 21 heavy (non-hydrogen) atoms. The molecule has 6 heteroatoms. The number of hydrogen-bond donors (Lipinski definition) is 2. The number of aliphatic hydroxyl groups is 1. The van der Waals surface area contributed by atoms with Crippen molar-refractivity contribution in [2.24, 2.45) is 5.92 Å². The van der Waals surface area contributed by atoms with E-state index in [0.29, 0.717) is 11.4 Å². The van der Waals surface area contributed by atoms with E-state index in [0.717, 1.165) is 36.9 Å². The van der Waals surface area contributed by atoms with Crippen LogP contribution >= 0.6 is 0 Å². The predicted octanol–water partition coefficient (Wildman–Crippen LogP) is 2.72. The lowest BCUT2D eigenvalue weighted by molar-refractivity contribution is -0.383. The van der Waals surface area contributed by atoms with Gasteiger partial charge in [-0.25, -0.2) is 4.98 Å². The molecule has 0 amide bonds. The molecule has 6 nitrogen and oxygen atoms in total.